The smallest absolute Gasteiger partial charge is 0.265 e. The molecule has 0 fully saturated rings. The van der Waals surface area contributed by atoms with Crippen molar-refractivity contribution in [2.45, 2.75) is 49.4 Å². The second kappa shape index (κ2) is 12.6. The molecule has 0 bridgehead atoms. The highest BCUT2D eigenvalue weighted by atomic mass is 35.5. The summed E-state index contributed by atoms with van der Waals surface area (Å²) in [4.78, 5) is 3.20. The standard InChI is InChI=1S/C25H28Cl2N2O6S4/c1-2-17(13-24-28(9-3-11-38(30,31)32)20-15-18(26)5-7-22(20)36-24)14-25-29(10-4-12-39(33,34)35)21-16-19(27)6-8-23(21)37-25/h5-8,13,15-16,25H,2-4,9-12,14H2,1H3,(H-,30,31,32,33,34,35)/p+1/b17-13+. The van der Waals surface area contributed by atoms with Gasteiger partial charge in [0.15, 0.2) is 6.54 Å². The Morgan fingerprint density at radius 1 is 1.03 bits per heavy atom. The van der Waals surface area contributed by atoms with Gasteiger partial charge in [0.2, 0.25) is 5.52 Å². The van der Waals surface area contributed by atoms with Crippen LogP contribution in [-0.4, -0.2) is 49.4 Å². The molecule has 0 radical (unpaired) electrons. The number of fused-ring (bicyclic) bond motifs is 2. The van der Waals surface area contributed by atoms with E-state index in [2.05, 4.69) is 17.9 Å². The average molecular weight is 653 g/mol. The maximum atomic E-state index is 11.3. The van der Waals surface area contributed by atoms with E-state index in [9.17, 15) is 25.9 Å². The molecule has 2 aromatic carbocycles. The third-order valence-electron chi connectivity index (χ3n) is 6.34. The third kappa shape index (κ3) is 8.32. The normalized spacial score (nSPS) is 16.3. The lowest BCUT2D eigenvalue weighted by molar-refractivity contribution is -0.668. The average Bonchev–Trinajstić information content (AvgIpc) is 3.34. The number of rotatable bonds is 12. The van der Waals surface area contributed by atoms with Crippen molar-refractivity contribution in [1.29, 1.82) is 0 Å². The van der Waals surface area contributed by atoms with Gasteiger partial charge < -0.3 is 4.90 Å². The van der Waals surface area contributed by atoms with E-state index < -0.39 is 20.2 Å². The van der Waals surface area contributed by atoms with Crippen LogP contribution in [0.5, 0.6) is 0 Å². The lowest BCUT2D eigenvalue weighted by Gasteiger charge is -2.27. The maximum Gasteiger partial charge on any atom is 0.265 e. The van der Waals surface area contributed by atoms with Crippen molar-refractivity contribution in [2.24, 2.45) is 0 Å². The second-order valence-corrected chi connectivity index (χ2v) is 15.5. The number of benzene rings is 2. The molecule has 0 aliphatic carbocycles. The lowest BCUT2D eigenvalue weighted by atomic mass is 10.1. The summed E-state index contributed by atoms with van der Waals surface area (Å²) in [6.07, 6.45) is 4.11. The van der Waals surface area contributed by atoms with Crippen LogP contribution in [-0.2, 0) is 26.8 Å². The zero-order valence-corrected chi connectivity index (χ0v) is 25.9. The summed E-state index contributed by atoms with van der Waals surface area (Å²) in [5, 5.41) is 2.12. The van der Waals surface area contributed by atoms with Crippen LogP contribution in [0.2, 0.25) is 10.0 Å². The Labute approximate surface area is 247 Å². The zero-order chi connectivity index (χ0) is 28.4. The van der Waals surface area contributed by atoms with Crippen LogP contribution in [0.3, 0.4) is 0 Å². The SMILES string of the molecule is CC/C(=C\c1sc2ccc(Cl)cc2[n+]1CCCS(=O)(=O)O)CC1Sc2ccc(Cl)cc2N1CCCS(=O)(=O)O. The van der Waals surface area contributed by atoms with Crippen molar-refractivity contribution in [3.8, 4) is 0 Å². The topological polar surface area (TPSA) is 116 Å². The molecule has 0 saturated heterocycles. The summed E-state index contributed by atoms with van der Waals surface area (Å²) >= 11 is 15.8. The zero-order valence-electron chi connectivity index (χ0n) is 21.1. The molecule has 0 amide bonds. The summed E-state index contributed by atoms with van der Waals surface area (Å²) < 4.78 is 66.7. The minimum absolute atomic E-state index is 0.00266. The molecule has 8 nitrogen and oxygen atoms in total. The highest BCUT2D eigenvalue weighted by Gasteiger charge is 2.31. The third-order valence-corrected chi connectivity index (χ3v) is 10.8. The predicted molar refractivity (Wildman–Crippen MR) is 160 cm³/mol. The van der Waals surface area contributed by atoms with Crippen molar-refractivity contribution in [2.75, 3.05) is 23.0 Å². The van der Waals surface area contributed by atoms with E-state index in [4.69, 9.17) is 23.2 Å². The summed E-state index contributed by atoms with van der Waals surface area (Å²) in [5.74, 6) is -0.652. The number of aromatic nitrogens is 1. The van der Waals surface area contributed by atoms with Crippen molar-refractivity contribution >= 4 is 88.5 Å². The summed E-state index contributed by atoms with van der Waals surface area (Å²) in [7, 11) is -8.13. The van der Waals surface area contributed by atoms with E-state index in [1.165, 1.54) is 0 Å². The molecule has 1 aliphatic rings. The van der Waals surface area contributed by atoms with E-state index >= 15 is 0 Å². The van der Waals surface area contributed by atoms with E-state index in [0.717, 1.165) is 37.8 Å². The molecule has 2 heterocycles. The molecule has 39 heavy (non-hydrogen) atoms. The van der Waals surface area contributed by atoms with Gasteiger partial charge in [-0.2, -0.15) is 21.4 Å². The van der Waals surface area contributed by atoms with E-state index in [-0.39, 0.29) is 29.7 Å². The number of hydrogen-bond acceptors (Lipinski definition) is 7. The molecule has 4 rings (SSSR count). The number of halogens is 2. The highest BCUT2D eigenvalue weighted by Crippen LogP contribution is 2.47. The van der Waals surface area contributed by atoms with Gasteiger partial charge in [0, 0.05) is 40.0 Å². The monoisotopic (exact) mass is 651 g/mol. The first-order valence-corrected chi connectivity index (χ1v) is 17.9. The van der Waals surface area contributed by atoms with Crippen LogP contribution in [0, 0.1) is 0 Å². The maximum absolute atomic E-state index is 11.3. The fourth-order valence-corrected chi connectivity index (χ4v) is 8.40. The molecule has 212 valence electrons. The van der Waals surface area contributed by atoms with E-state index in [1.807, 2.05) is 41.0 Å². The summed E-state index contributed by atoms with van der Waals surface area (Å²) in [5.41, 5.74) is 3.00. The lowest BCUT2D eigenvalue weighted by Crippen LogP contribution is -2.36. The number of hydrogen-bond donors (Lipinski definition) is 2. The van der Waals surface area contributed by atoms with Crippen LogP contribution < -0.4 is 9.47 Å². The largest absolute Gasteiger partial charge is 0.358 e. The van der Waals surface area contributed by atoms with Crippen LogP contribution in [0.4, 0.5) is 5.69 Å². The van der Waals surface area contributed by atoms with Crippen molar-refractivity contribution in [1.82, 2.24) is 0 Å². The minimum Gasteiger partial charge on any atom is -0.358 e. The van der Waals surface area contributed by atoms with E-state index in [0.29, 0.717) is 29.6 Å². The second-order valence-electron chi connectivity index (χ2n) is 9.22. The summed E-state index contributed by atoms with van der Waals surface area (Å²) in [6.45, 7) is 2.91. The fraction of sp³-hybridized carbons (Fsp3) is 0.400. The molecule has 0 spiro atoms. The fourth-order valence-electron chi connectivity index (χ4n) is 4.54. The Balaban J connectivity index is 1.63. The quantitative estimate of drug-likeness (QED) is 0.176. The van der Waals surface area contributed by atoms with Crippen molar-refractivity contribution in [3.05, 3.63) is 57.0 Å². The molecule has 1 unspecified atom stereocenters. The molecule has 0 saturated carbocycles. The number of aryl methyl sites for hydroxylation is 1. The van der Waals surface area contributed by atoms with Gasteiger partial charge in [0.05, 0.1) is 22.6 Å². The molecule has 1 atom stereocenters. The van der Waals surface area contributed by atoms with Crippen LogP contribution in [0.25, 0.3) is 16.3 Å². The Hall–Kier alpha value is -1.38. The van der Waals surface area contributed by atoms with Gasteiger partial charge in [-0.1, -0.05) is 58.8 Å². The molecule has 2 N–H and O–H groups in total. The molecule has 14 heteroatoms. The van der Waals surface area contributed by atoms with Crippen LogP contribution >= 0.6 is 46.3 Å². The van der Waals surface area contributed by atoms with Gasteiger partial charge in [-0.05, 0) is 49.6 Å². The molecule has 3 aromatic rings. The molecular weight excluding hydrogens is 623 g/mol. The predicted octanol–water partition coefficient (Wildman–Crippen LogP) is 6.17. The number of thiazole rings is 1. The van der Waals surface area contributed by atoms with Crippen LogP contribution in [0.15, 0.2) is 46.9 Å². The number of anilines is 1. The van der Waals surface area contributed by atoms with Gasteiger partial charge in [0.25, 0.3) is 25.2 Å². The van der Waals surface area contributed by atoms with E-state index in [1.54, 1.807) is 23.1 Å². The van der Waals surface area contributed by atoms with Crippen molar-refractivity contribution < 1.29 is 30.5 Å². The molecule has 1 aliphatic heterocycles. The molecule has 1 aromatic heterocycles. The van der Waals surface area contributed by atoms with Gasteiger partial charge >= 0.3 is 0 Å². The number of nitrogens with zero attached hydrogens (tertiary/aromatic N) is 2. The van der Waals surface area contributed by atoms with Gasteiger partial charge in [0.1, 0.15) is 4.70 Å². The Morgan fingerprint density at radius 3 is 2.38 bits per heavy atom. The Kier molecular flexibility index (Phi) is 9.91. The Bertz CT molecular complexity index is 1610. The van der Waals surface area contributed by atoms with Gasteiger partial charge in [-0.15, -0.1) is 0 Å². The van der Waals surface area contributed by atoms with Crippen molar-refractivity contribution in [3.63, 3.8) is 0 Å². The van der Waals surface area contributed by atoms with Crippen LogP contribution in [0.1, 0.15) is 37.6 Å². The molecular formula is C25H29Cl2N2O6S4+. The first kappa shape index (κ1) is 30.6. The summed E-state index contributed by atoms with van der Waals surface area (Å²) in [6, 6.07) is 11.3. The highest BCUT2D eigenvalue weighted by molar-refractivity contribution is 8.00. The number of thioether (sulfide) groups is 1. The van der Waals surface area contributed by atoms with Gasteiger partial charge in [-0.25, -0.2) is 0 Å². The Morgan fingerprint density at radius 2 is 1.69 bits per heavy atom. The first-order valence-electron chi connectivity index (χ1n) is 12.3. The first-order chi connectivity index (χ1) is 18.3. The minimum atomic E-state index is -4.07. The van der Waals surface area contributed by atoms with Gasteiger partial charge in [-0.3, -0.25) is 9.11 Å².